The van der Waals surface area contributed by atoms with Gasteiger partial charge in [0.2, 0.25) is 5.91 Å². The number of hydrogen-bond acceptors (Lipinski definition) is 6. The fraction of sp³-hybridized carbons (Fsp3) is 0.630. The van der Waals surface area contributed by atoms with Gasteiger partial charge in [-0.1, -0.05) is 13.8 Å². The van der Waals surface area contributed by atoms with E-state index in [0.717, 1.165) is 17.3 Å². The van der Waals surface area contributed by atoms with Gasteiger partial charge in [0.25, 0.3) is 11.6 Å². The number of amides is 2. The number of rotatable bonds is 7. The molecule has 2 saturated heterocycles. The number of aromatic amines is 1. The molecule has 1 aromatic carbocycles. The highest BCUT2D eigenvalue weighted by molar-refractivity contribution is 6.01. The van der Waals surface area contributed by atoms with Crippen LogP contribution >= 0.6 is 0 Å². The van der Waals surface area contributed by atoms with Crippen molar-refractivity contribution in [1.29, 1.82) is 0 Å². The van der Waals surface area contributed by atoms with Gasteiger partial charge in [0, 0.05) is 47.8 Å². The minimum atomic E-state index is -2.22. The molecule has 9 nitrogen and oxygen atoms in total. The van der Waals surface area contributed by atoms with Crippen molar-refractivity contribution < 1.29 is 29.3 Å². The van der Waals surface area contributed by atoms with Gasteiger partial charge in [0.1, 0.15) is 17.9 Å². The van der Waals surface area contributed by atoms with Crippen molar-refractivity contribution in [2.75, 3.05) is 20.3 Å². The fourth-order valence-electron chi connectivity index (χ4n) is 6.05. The Balaban J connectivity index is 1.75. The lowest BCUT2D eigenvalue weighted by molar-refractivity contribution is -0.242. The highest BCUT2D eigenvalue weighted by Crippen LogP contribution is 2.54. The molecule has 0 aliphatic carbocycles. The van der Waals surface area contributed by atoms with Crippen molar-refractivity contribution in [3.63, 3.8) is 0 Å². The first-order valence-corrected chi connectivity index (χ1v) is 12.9. The molecule has 0 unspecified atom stereocenters. The van der Waals surface area contributed by atoms with Crippen LogP contribution in [0.3, 0.4) is 0 Å². The Morgan fingerprint density at radius 1 is 1.28 bits per heavy atom. The quantitative estimate of drug-likeness (QED) is 0.540. The molecule has 0 spiro atoms. The standard InChI is InChI=1S/C27H37N3O6/c1-15(2)10-12-36-23-21-17-9-8-16(35-5)13-18(17)28-22(21)20(14-26(3,4)33)30-24(31)19-7-6-11-29(19)25(32)27(23,30)34/h8-9,13,15,19-20,23,28,33-34H,6-7,10-12,14H2,1-5H3/t19-,20-,23-,27-/m0/s1. The molecule has 1 aromatic heterocycles. The van der Waals surface area contributed by atoms with Crippen LogP contribution in [0.1, 0.15) is 76.8 Å². The predicted molar refractivity (Wildman–Crippen MR) is 133 cm³/mol. The topological polar surface area (TPSA) is 115 Å². The lowest BCUT2D eigenvalue weighted by atomic mass is 9.79. The first kappa shape index (κ1) is 25.0. The van der Waals surface area contributed by atoms with E-state index in [2.05, 4.69) is 18.8 Å². The van der Waals surface area contributed by atoms with Gasteiger partial charge in [-0.3, -0.25) is 14.5 Å². The van der Waals surface area contributed by atoms with E-state index < -0.39 is 35.4 Å². The van der Waals surface area contributed by atoms with Crippen LogP contribution in [0.2, 0.25) is 0 Å². The number of nitrogens with zero attached hydrogens (tertiary/aromatic N) is 2. The van der Waals surface area contributed by atoms with E-state index in [1.54, 1.807) is 21.0 Å². The summed E-state index contributed by atoms with van der Waals surface area (Å²) in [6.07, 6.45) is 1.05. The van der Waals surface area contributed by atoms with Gasteiger partial charge in [0.05, 0.1) is 18.8 Å². The van der Waals surface area contributed by atoms with E-state index in [0.29, 0.717) is 48.9 Å². The summed E-state index contributed by atoms with van der Waals surface area (Å²) in [6, 6.07) is 4.21. The van der Waals surface area contributed by atoms with E-state index in [9.17, 15) is 19.8 Å². The van der Waals surface area contributed by atoms with Crippen LogP contribution in [-0.2, 0) is 14.3 Å². The van der Waals surface area contributed by atoms with Gasteiger partial charge in [-0.05, 0) is 51.2 Å². The number of fused-ring (bicyclic) bond motifs is 5. The first-order chi connectivity index (χ1) is 17.0. The first-order valence-electron chi connectivity index (χ1n) is 12.9. The third-order valence-electron chi connectivity index (χ3n) is 7.74. The molecule has 3 aliphatic heterocycles. The van der Waals surface area contributed by atoms with E-state index >= 15 is 0 Å². The molecule has 0 radical (unpaired) electrons. The van der Waals surface area contributed by atoms with E-state index in [4.69, 9.17) is 9.47 Å². The van der Waals surface area contributed by atoms with Crippen LogP contribution in [0, 0.1) is 5.92 Å². The van der Waals surface area contributed by atoms with Crippen molar-refractivity contribution in [2.45, 2.75) is 82.9 Å². The van der Waals surface area contributed by atoms with E-state index in [1.807, 2.05) is 18.2 Å². The minimum absolute atomic E-state index is 0.136. The lowest BCUT2D eigenvalue weighted by Gasteiger charge is -2.56. The van der Waals surface area contributed by atoms with Crippen LogP contribution in [-0.4, -0.2) is 74.4 Å². The summed E-state index contributed by atoms with van der Waals surface area (Å²) in [5.41, 5.74) is -1.30. The number of aliphatic hydroxyl groups is 2. The Hall–Kier alpha value is -2.62. The molecule has 2 aromatic rings. The molecule has 4 heterocycles. The highest BCUT2D eigenvalue weighted by Gasteiger charge is 2.66. The summed E-state index contributed by atoms with van der Waals surface area (Å²) in [6.45, 7) is 8.25. The fourth-order valence-corrected chi connectivity index (χ4v) is 6.05. The number of carbonyl (C=O) groups excluding carboxylic acids is 2. The largest absolute Gasteiger partial charge is 0.497 e. The SMILES string of the molecule is COc1ccc2c3c([nH]c2c1)[C@H](CC(C)(C)O)N1C(=O)[C@@H]2CCCN2C(=O)[C@@]1(O)[C@H]3OCCC(C)C. The summed E-state index contributed by atoms with van der Waals surface area (Å²) >= 11 is 0. The Morgan fingerprint density at radius 2 is 2.03 bits per heavy atom. The number of methoxy groups -OCH3 is 1. The maximum Gasteiger partial charge on any atom is 0.279 e. The van der Waals surface area contributed by atoms with Crippen molar-refractivity contribution in [3.05, 3.63) is 29.5 Å². The maximum atomic E-state index is 14.0. The van der Waals surface area contributed by atoms with Crippen LogP contribution < -0.4 is 4.74 Å². The Bertz CT molecular complexity index is 1180. The molecule has 2 fully saturated rings. The number of benzene rings is 1. The lowest BCUT2D eigenvalue weighted by Crippen LogP contribution is -2.74. The zero-order valence-corrected chi connectivity index (χ0v) is 21.7. The monoisotopic (exact) mass is 499 g/mol. The molecule has 3 N–H and O–H groups in total. The second-order valence-electron chi connectivity index (χ2n) is 11.4. The second kappa shape index (κ2) is 8.75. The maximum absolute atomic E-state index is 14.0. The van der Waals surface area contributed by atoms with E-state index in [-0.39, 0.29) is 12.3 Å². The number of carbonyl (C=O) groups is 2. The second-order valence-corrected chi connectivity index (χ2v) is 11.4. The predicted octanol–water partition coefficient (Wildman–Crippen LogP) is 3.02. The van der Waals surface area contributed by atoms with Crippen LogP contribution in [0.4, 0.5) is 0 Å². The summed E-state index contributed by atoms with van der Waals surface area (Å²) in [4.78, 5) is 34.2. The third kappa shape index (κ3) is 3.79. The molecule has 196 valence electrons. The summed E-state index contributed by atoms with van der Waals surface area (Å²) in [5, 5.41) is 24.0. The van der Waals surface area contributed by atoms with Gasteiger partial charge in [0.15, 0.2) is 0 Å². The van der Waals surface area contributed by atoms with Crippen LogP contribution in [0.15, 0.2) is 18.2 Å². The van der Waals surface area contributed by atoms with Crippen LogP contribution in [0.25, 0.3) is 10.9 Å². The van der Waals surface area contributed by atoms with E-state index in [1.165, 1.54) is 9.80 Å². The minimum Gasteiger partial charge on any atom is -0.497 e. The van der Waals surface area contributed by atoms with Gasteiger partial charge < -0.3 is 29.6 Å². The highest BCUT2D eigenvalue weighted by atomic mass is 16.5. The zero-order chi connectivity index (χ0) is 26.0. The number of aromatic nitrogens is 1. The Morgan fingerprint density at radius 3 is 2.69 bits per heavy atom. The zero-order valence-electron chi connectivity index (χ0n) is 21.7. The van der Waals surface area contributed by atoms with Crippen molar-refractivity contribution in [1.82, 2.24) is 14.8 Å². The molecular formula is C27H37N3O6. The normalized spacial score (nSPS) is 28.1. The molecule has 0 bridgehead atoms. The van der Waals surface area contributed by atoms with Crippen LogP contribution in [0.5, 0.6) is 5.75 Å². The molecule has 3 aliphatic rings. The van der Waals surface area contributed by atoms with Gasteiger partial charge in [-0.2, -0.15) is 0 Å². The number of piperazine rings is 1. The summed E-state index contributed by atoms with van der Waals surface area (Å²) in [7, 11) is 1.59. The smallest absolute Gasteiger partial charge is 0.279 e. The molecule has 36 heavy (non-hydrogen) atoms. The molecular weight excluding hydrogens is 462 g/mol. The Kier molecular flexibility index (Phi) is 6.08. The van der Waals surface area contributed by atoms with Gasteiger partial charge >= 0.3 is 0 Å². The molecule has 4 atom stereocenters. The number of ether oxygens (including phenoxy) is 2. The molecule has 2 amide bonds. The number of hydrogen-bond donors (Lipinski definition) is 3. The summed E-state index contributed by atoms with van der Waals surface area (Å²) in [5.74, 6) is 0.207. The molecule has 5 rings (SSSR count). The average Bonchev–Trinajstić information content (AvgIpc) is 3.43. The number of H-pyrrole nitrogens is 1. The van der Waals surface area contributed by atoms with Crippen molar-refractivity contribution in [3.8, 4) is 5.75 Å². The van der Waals surface area contributed by atoms with Gasteiger partial charge in [-0.25, -0.2) is 0 Å². The Labute approximate surface area is 211 Å². The molecule has 0 saturated carbocycles. The average molecular weight is 500 g/mol. The van der Waals surface area contributed by atoms with Gasteiger partial charge in [-0.15, -0.1) is 0 Å². The summed E-state index contributed by atoms with van der Waals surface area (Å²) < 4.78 is 11.8. The third-order valence-corrected chi connectivity index (χ3v) is 7.74. The molecule has 9 heteroatoms. The van der Waals surface area contributed by atoms with Crippen molar-refractivity contribution >= 4 is 22.7 Å². The number of nitrogens with one attached hydrogen (secondary N) is 1. The van der Waals surface area contributed by atoms with Crippen molar-refractivity contribution in [2.24, 2.45) is 5.92 Å².